The van der Waals surface area contributed by atoms with E-state index < -0.39 is 30.0 Å². The first-order valence-corrected chi connectivity index (χ1v) is 7.04. The molecule has 7 heteroatoms. The van der Waals surface area contributed by atoms with Crippen molar-refractivity contribution >= 4 is 18.8 Å². The molecule has 6 nitrogen and oxygen atoms in total. The molecule has 0 aliphatic carbocycles. The number of hydrogen-bond acceptors (Lipinski definition) is 5. The van der Waals surface area contributed by atoms with Crippen LogP contribution in [0.25, 0.3) is 0 Å². The molecule has 1 aliphatic heterocycles. The van der Waals surface area contributed by atoms with Gasteiger partial charge in [0.05, 0.1) is 16.8 Å². The minimum Gasteiger partial charge on any atom is -0.443 e. The molecule has 0 radical (unpaired) electrons. The largest absolute Gasteiger partial charge is 0.516 e. The highest BCUT2D eigenvalue weighted by atomic mass is 16.7. The van der Waals surface area contributed by atoms with Gasteiger partial charge in [-0.1, -0.05) is 0 Å². The van der Waals surface area contributed by atoms with Crippen LogP contribution in [0.5, 0.6) is 0 Å². The van der Waals surface area contributed by atoms with E-state index in [4.69, 9.17) is 14.0 Å². The van der Waals surface area contributed by atoms with Crippen molar-refractivity contribution < 1.29 is 18.8 Å². The number of nitrogens with zero attached hydrogens (tertiary/aromatic N) is 2. The summed E-state index contributed by atoms with van der Waals surface area (Å²) in [6, 6.07) is 0. The second kappa shape index (κ2) is 4.85. The van der Waals surface area contributed by atoms with Crippen LogP contribution in [0.4, 0.5) is 4.79 Å². The van der Waals surface area contributed by atoms with E-state index in [0.717, 1.165) is 0 Å². The molecule has 0 unspecified atom stereocenters. The first-order chi connectivity index (χ1) is 9.41. The van der Waals surface area contributed by atoms with Gasteiger partial charge in [-0.3, -0.25) is 0 Å². The SMILES string of the molecule is CC(C)(C)OC(=O)n1cnc(B2OC(C)(C)C(C)(C)O2)c1. The minimum atomic E-state index is -0.585. The molecule has 0 atom stereocenters. The Kier molecular flexibility index (Phi) is 3.70. The summed E-state index contributed by atoms with van der Waals surface area (Å²) < 4.78 is 18.4. The summed E-state index contributed by atoms with van der Waals surface area (Å²) in [5.41, 5.74) is -0.869. The zero-order chi connectivity index (χ0) is 16.1. The number of aromatic nitrogens is 2. The fraction of sp³-hybridized carbons (Fsp3) is 0.714. The molecule has 116 valence electrons. The molecule has 0 saturated carbocycles. The normalized spacial score (nSPS) is 20.6. The van der Waals surface area contributed by atoms with E-state index in [1.54, 1.807) is 6.20 Å². The highest BCUT2D eigenvalue weighted by molar-refractivity contribution is 6.61. The van der Waals surface area contributed by atoms with Gasteiger partial charge in [-0.05, 0) is 48.5 Å². The van der Waals surface area contributed by atoms with Crippen LogP contribution in [0, 0.1) is 0 Å². The lowest BCUT2D eigenvalue weighted by Gasteiger charge is -2.32. The van der Waals surface area contributed by atoms with Crippen LogP contribution in [0.1, 0.15) is 48.5 Å². The van der Waals surface area contributed by atoms with Crippen LogP contribution in [0.3, 0.4) is 0 Å². The Morgan fingerprint density at radius 1 is 1.24 bits per heavy atom. The van der Waals surface area contributed by atoms with E-state index in [9.17, 15) is 4.79 Å². The Morgan fingerprint density at radius 2 is 1.76 bits per heavy atom. The zero-order valence-electron chi connectivity index (χ0n) is 13.8. The molecule has 1 fully saturated rings. The second-order valence-corrected chi connectivity index (χ2v) is 7.27. The van der Waals surface area contributed by atoms with Crippen LogP contribution >= 0.6 is 0 Å². The third kappa shape index (κ3) is 3.29. The molecule has 21 heavy (non-hydrogen) atoms. The number of ether oxygens (including phenoxy) is 1. The summed E-state index contributed by atoms with van der Waals surface area (Å²) in [5.74, 6) is 0. The summed E-state index contributed by atoms with van der Waals surface area (Å²) in [6.07, 6.45) is 2.52. The first-order valence-electron chi connectivity index (χ1n) is 7.04. The average Bonchev–Trinajstić information content (AvgIpc) is 2.80. The molecule has 0 bridgehead atoms. The van der Waals surface area contributed by atoms with Gasteiger partial charge in [0.15, 0.2) is 0 Å². The van der Waals surface area contributed by atoms with Crippen LogP contribution in [0.15, 0.2) is 12.5 Å². The number of carbonyl (C=O) groups excluding carboxylic acids is 1. The molecule has 0 spiro atoms. The number of imidazole rings is 1. The number of rotatable bonds is 1. The van der Waals surface area contributed by atoms with Crippen molar-refractivity contribution in [3.8, 4) is 0 Å². The van der Waals surface area contributed by atoms with Gasteiger partial charge in [-0.25, -0.2) is 14.3 Å². The molecule has 0 amide bonds. The molecule has 2 rings (SSSR count). The van der Waals surface area contributed by atoms with Gasteiger partial charge in [0.25, 0.3) is 0 Å². The van der Waals surface area contributed by atoms with Gasteiger partial charge >= 0.3 is 13.2 Å². The molecule has 0 N–H and O–H groups in total. The highest BCUT2D eigenvalue weighted by Crippen LogP contribution is 2.36. The van der Waals surface area contributed by atoms with E-state index in [2.05, 4.69) is 4.98 Å². The Labute approximate surface area is 125 Å². The molecule has 1 aromatic heterocycles. The fourth-order valence-electron chi connectivity index (χ4n) is 1.84. The predicted molar refractivity (Wildman–Crippen MR) is 79.6 cm³/mol. The maximum absolute atomic E-state index is 12.0. The molecular weight excluding hydrogens is 271 g/mol. The molecule has 1 aromatic rings. The first kappa shape index (κ1) is 16.0. The maximum Gasteiger partial charge on any atom is 0.516 e. The fourth-order valence-corrected chi connectivity index (χ4v) is 1.84. The van der Waals surface area contributed by atoms with Crippen LogP contribution in [-0.2, 0) is 14.0 Å². The van der Waals surface area contributed by atoms with Gasteiger partial charge in [-0.15, -0.1) is 0 Å². The quantitative estimate of drug-likeness (QED) is 0.741. The van der Waals surface area contributed by atoms with E-state index >= 15 is 0 Å². The summed E-state index contributed by atoms with van der Waals surface area (Å²) in [5, 5.41) is 0. The van der Waals surface area contributed by atoms with Crippen LogP contribution in [-0.4, -0.2) is 39.6 Å². The van der Waals surface area contributed by atoms with Crippen molar-refractivity contribution in [3.63, 3.8) is 0 Å². The summed E-state index contributed by atoms with van der Waals surface area (Å²) >= 11 is 0. The number of carbonyl (C=O) groups is 1. The molecule has 0 aromatic carbocycles. The van der Waals surface area contributed by atoms with Crippen molar-refractivity contribution in [1.82, 2.24) is 9.55 Å². The molecule has 2 heterocycles. The summed E-state index contributed by atoms with van der Waals surface area (Å²) in [4.78, 5) is 16.2. The van der Waals surface area contributed by atoms with Crippen LogP contribution < -0.4 is 5.59 Å². The van der Waals surface area contributed by atoms with Crippen molar-refractivity contribution in [3.05, 3.63) is 12.5 Å². The smallest absolute Gasteiger partial charge is 0.443 e. The van der Waals surface area contributed by atoms with E-state index in [1.807, 2.05) is 48.5 Å². The van der Waals surface area contributed by atoms with E-state index in [1.165, 1.54) is 10.9 Å². The van der Waals surface area contributed by atoms with Crippen molar-refractivity contribution in [2.75, 3.05) is 0 Å². The highest BCUT2D eigenvalue weighted by Gasteiger charge is 2.52. The Bertz CT molecular complexity index is 529. The van der Waals surface area contributed by atoms with Crippen LogP contribution in [0.2, 0.25) is 0 Å². The van der Waals surface area contributed by atoms with Gasteiger partial charge < -0.3 is 14.0 Å². The van der Waals surface area contributed by atoms with Gasteiger partial charge in [0.2, 0.25) is 0 Å². The van der Waals surface area contributed by atoms with Crippen molar-refractivity contribution in [1.29, 1.82) is 0 Å². The lowest BCUT2D eigenvalue weighted by Crippen LogP contribution is -2.41. The lowest BCUT2D eigenvalue weighted by molar-refractivity contribution is 0.00578. The topological polar surface area (TPSA) is 62.6 Å². The van der Waals surface area contributed by atoms with E-state index in [-0.39, 0.29) is 0 Å². The third-order valence-electron chi connectivity index (χ3n) is 3.70. The Balaban J connectivity index is 2.13. The van der Waals surface area contributed by atoms with Gasteiger partial charge in [0, 0.05) is 6.20 Å². The van der Waals surface area contributed by atoms with Crippen molar-refractivity contribution in [2.45, 2.75) is 65.3 Å². The average molecular weight is 294 g/mol. The zero-order valence-corrected chi connectivity index (χ0v) is 13.8. The Hall–Kier alpha value is -1.34. The number of hydrogen-bond donors (Lipinski definition) is 0. The van der Waals surface area contributed by atoms with Crippen molar-refractivity contribution in [2.24, 2.45) is 0 Å². The monoisotopic (exact) mass is 294 g/mol. The second-order valence-electron chi connectivity index (χ2n) is 7.27. The van der Waals surface area contributed by atoms with Gasteiger partial charge in [0.1, 0.15) is 11.9 Å². The Morgan fingerprint density at radius 3 is 2.24 bits per heavy atom. The molecule has 1 aliphatic rings. The van der Waals surface area contributed by atoms with E-state index in [0.29, 0.717) is 5.59 Å². The molecule has 1 saturated heterocycles. The third-order valence-corrected chi connectivity index (χ3v) is 3.70. The molecular formula is C14H23BN2O4. The summed E-state index contributed by atoms with van der Waals surface area (Å²) in [7, 11) is -0.585. The lowest BCUT2D eigenvalue weighted by atomic mass is 9.86. The minimum absolute atomic E-state index is 0.437. The predicted octanol–water partition coefficient (Wildman–Crippen LogP) is 1.97. The van der Waals surface area contributed by atoms with Gasteiger partial charge in [-0.2, -0.15) is 0 Å². The maximum atomic E-state index is 12.0. The summed E-state index contributed by atoms with van der Waals surface area (Å²) in [6.45, 7) is 13.3. The standard InChI is InChI=1S/C14H23BN2O4/c1-12(2,3)19-11(18)17-8-10(16-9-17)15-20-13(4,5)14(6,7)21-15/h8-9H,1-7H3.